The number of rotatable bonds is 5. The molecule has 2 heterocycles. The Morgan fingerprint density at radius 1 is 1.03 bits per heavy atom. The van der Waals surface area contributed by atoms with Crippen molar-refractivity contribution in [2.24, 2.45) is 0 Å². The molecule has 0 saturated carbocycles. The molecular weight excluding hydrogens is 408 g/mol. The molecule has 2 aromatic carbocycles. The van der Waals surface area contributed by atoms with Crippen LogP contribution in [0.25, 0.3) is 0 Å². The Kier molecular flexibility index (Phi) is 5.33. The number of para-hydroxylation sites is 1. The lowest BCUT2D eigenvalue weighted by Crippen LogP contribution is -2.30. The van der Waals surface area contributed by atoms with Gasteiger partial charge in [-0.25, -0.2) is 4.98 Å². The molecule has 0 radical (unpaired) electrons. The number of nitrogens with zero attached hydrogens (tertiary/aromatic N) is 3. The molecule has 8 nitrogen and oxygen atoms in total. The van der Waals surface area contributed by atoms with E-state index in [4.69, 9.17) is 25.8 Å². The summed E-state index contributed by atoms with van der Waals surface area (Å²) in [5.74, 6) is 1.62. The summed E-state index contributed by atoms with van der Waals surface area (Å²) in [4.78, 5) is 23.3. The number of hydrogen-bond acceptors (Lipinski definition) is 7. The van der Waals surface area contributed by atoms with E-state index in [0.717, 1.165) is 5.56 Å². The lowest BCUT2D eigenvalue weighted by molar-refractivity contribution is 0.0985. The van der Waals surface area contributed by atoms with Crippen molar-refractivity contribution in [3.63, 3.8) is 0 Å². The lowest BCUT2D eigenvalue weighted by Gasteiger charge is -2.23. The second-order valence-electron chi connectivity index (χ2n) is 6.47. The summed E-state index contributed by atoms with van der Waals surface area (Å²) in [6, 6.07) is 10.8. The predicted octanol–water partition coefficient (Wildman–Crippen LogP) is 4.06. The minimum Gasteiger partial charge on any atom is -0.493 e. The average Bonchev–Trinajstić information content (AvgIpc) is 2.88. The highest BCUT2D eigenvalue weighted by Gasteiger charge is 2.29. The first kappa shape index (κ1) is 19.8. The summed E-state index contributed by atoms with van der Waals surface area (Å²) in [7, 11) is 4.62. The Hall–Kier alpha value is -3.52. The smallest absolute Gasteiger partial charge is 0.261 e. The number of carbonyl (C=O) groups is 1. The Bertz CT molecular complexity index is 1100. The fraction of sp³-hybridized carbons (Fsp3) is 0.190. The second kappa shape index (κ2) is 8.08. The van der Waals surface area contributed by atoms with Gasteiger partial charge in [-0.3, -0.25) is 9.69 Å². The maximum atomic E-state index is 13.4. The van der Waals surface area contributed by atoms with Gasteiger partial charge in [-0.1, -0.05) is 12.1 Å². The van der Waals surface area contributed by atoms with Crippen LogP contribution in [-0.4, -0.2) is 37.2 Å². The molecule has 3 aromatic rings. The normalized spacial score (nSPS) is 12.4. The van der Waals surface area contributed by atoms with Gasteiger partial charge in [-0.15, -0.1) is 0 Å². The number of amides is 1. The van der Waals surface area contributed by atoms with Gasteiger partial charge in [-0.2, -0.15) is 4.98 Å². The number of carbonyl (C=O) groups excluding carboxylic acids is 1. The van der Waals surface area contributed by atoms with Gasteiger partial charge in [0.05, 0.1) is 45.3 Å². The minimum atomic E-state index is -0.222. The SMILES string of the molecule is COc1cc(CN2C(=O)c3ccccc3Nc3cnc(Cl)nc32)cc(OC)c1OC. The van der Waals surface area contributed by atoms with Crippen LogP contribution in [0.5, 0.6) is 17.2 Å². The van der Waals surface area contributed by atoms with Crippen LogP contribution in [0.4, 0.5) is 17.2 Å². The summed E-state index contributed by atoms with van der Waals surface area (Å²) in [6.07, 6.45) is 1.56. The van der Waals surface area contributed by atoms with Gasteiger partial charge in [0.1, 0.15) is 5.69 Å². The number of ether oxygens (including phenoxy) is 3. The number of nitrogens with one attached hydrogen (secondary N) is 1. The predicted molar refractivity (Wildman–Crippen MR) is 113 cm³/mol. The number of fused-ring (bicyclic) bond motifs is 2. The molecule has 0 bridgehead atoms. The largest absolute Gasteiger partial charge is 0.493 e. The molecule has 1 amide bonds. The van der Waals surface area contributed by atoms with Crippen LogP contribution in [0.3, 0.4) is 0 Å². The quantitative estimate of drug-likeness (QED) is 0.615. The van der Waals surface area contributed by atoms with Crippen molar-refractivity contribution in [3.05, 3.63) is 59.0 Å². The van der Waals surface area contributed by atoms with Crippen molar-refractivity contribution >= 4 is 34.7 Å². The van der Waals surface area contributed by atoms with Crippen molar-refractivity contribution in [3.8, 4) is 17.2 Å². The molecule has 1 aliphatic rings. The Balaban J connectivity index is 1.84. The monoisotopic (exact) mass is 426 g/mol. The van der Waals surface area contributed by atoms with E-state index in [1.54, 1.807) is 43.5 Å². The van der Waals surface area contributed by atoms with E-state index in [9.17, 15) is 4.79 Å². The van der Waals surface area contributed by atoms with Crippen molar-refractivity contribution < 1.29 is 19.0 Å². The van der Waals surface area contributed by atoms with Crippen LogP contribution < -0.4 is 24.4 Å². The first-order chi connectivity index (χ1) is 14.5. The molecule has 0 atom stereocenters. The lowest BCUT2D eigenvalue weighted by atomic mass is 10.1. The van der Waals surface area contributed by atoms with Gasteiger partial charge in [0.15, 0.2) is 17.3 Å². The molecule has 1 N–H and O–H groups in total. The molecule has 9 heteroatoms. The maximum absolute atomic E-state index is 13.4. The van der Waals surface area contributed by atoms with Gasteiger partial charge >= 0.3 is 0 Å². The zero-order valence-corrected chi connectivity index (χ0v) is 17.4. The third-order valence-corrected chi connectivity index (χ3v) is 4.91. The summed E-state index contributed by atoms with van der Waals surface area (Å²) < 4.78 is 16.3. The van der Waals surface area contributed by atoms with Crippen LogP contribution >= 0.6 is 11.6 Å². The molecule has 1 aromatic heterocycles. The van der Waals surface area contributed by atoms with E-state index < -0.39 is 0 Å². The van der Waals surface area contributed by atoms with Gasteiger partial charge < -0.3 is 19.5 Å². The van der Waals surface area contributed by atoms with E-state index in [0.29, 0.717) is 40.0 Å². The summed E-state index contributed by atoms with van der Waals surface area (Å²) >= 11 is 6.05. The highest BCUT2D eigenvalue weighted by molar-refractivity contribution is 6.28. The molecular formula is C21H19ClN4O4. The van der Waals surface area contributed by atoms with Crippen LogP contribution in [0.2, 0.25) is 5.28 Å². The van der Waals surface area contributed by atoms with E-state index in [2.05, 4.69) is 15.3 Å². The maximum Gasteiger partial charge on any atom is 0.261 e. The number of benzene rings is 2. The minimum absolute atomic E-state index is 0.0456. The number of aromatic nitrogens is 2. The van der Waals surface area contributed by atoms with Gasteiger partial charge in [0.2, 0.25) is 11.0 Å². The van der Waals surface area contributed by atoms with Crippen LogP contribution in [-0.2, 0) is 6.54 Å². The zero-order valence-electron chi connectivity index (χ0n) is 16.6. The van der Waals surface area contributed by atoms with Crippen LogP contribution in [0.15, 0.2) is 42.6 Å². The van der Waals surface area contributed by atoms with E-state index in [1.165, 1.54) is 7.11 Å². The summed E-state index contributed by atoms with van der Waals surface area (Å²) in [5.41, 5.74) is 2.52. The molecule has 0 aliphatic carbocycles. The molecule has 4 rings (SSSR count). The fourth-order valence-electron chi connectivity index (χ4n) is 3.37. The van der Waals surface area contributed by atoms with Gasteiger partial charge in [0, 0.05) is 0 Å². The number of anilines is 3. The van der Waals surface area contributed by atoms with E-state index in [1.807, 2.05) is 18.2 Å². The molecule has 0 fully saturated rings. The Morgan fingerprint density at radius 3 is 2.40 bits per heavy atom. The van der Waals surface area contributed by atoms with Gasteiger partial charge in [0.25, 0.3) is 5.91 Å². The summed E-state index contributed by atoms with van der Waals surface area (Å²) in [6.45, 7) is 0.200. The molecule has 0 saturated heterocycles. The molecule has 1 aliphatic heterocycles. The molecule has 0 spiro atoms. The molecule has 30 heavy (non-hydrogen) atoms. The second-order valence-corrected chi connectivity index (χ2v) is 6.81. The third-order valence-electron chi connectivity index (χ3n) is 4.73. The standard InChI is InChI=1S/C21H19ClN4O4/c1-28-16-8-12(9-17(29-2)18(16)30-3)11-26-19-15(10-23-21(22)25-19)24-14-7-5-4-6-13(14)20(26)27/h4-10,24H,11H2,1-3H3. The Morgan fingerprint density at radius 2 is 1.73 bits per heavy atom. The number of methoxy groups -OCH3 is 3. The van der Waals surface area contributed by atoms with Crippen molar-refractivity contribution in [1.82, 2.24) is 9.97 Å². The topological polar surface area (TPSA) is 85.8 Å². The third kappa shape index (κ3) is 3.46. The van der Waals surface area contributed by atoms with Crippen molar-refractivity contribution in [1.29, 1.82) is 0 Å². The summed E-state index contributed by atoms with van der Waals surface area (Å²) in [5, 5.41) is 3.27. The first-order valence-corrected chi connectivity index (χ1v) is 9.42. The molecule has 0 unspecified atom stereocenters. The first-order valence-electron chi connectivity index (χ1n) is 9.05. The van der Waals surface area contributed by atoms with Crippen LogP contribution in [0.1, 0.15) is 15.9 Å². The average molecular weight is 427 g/mol. The van der Waals surface area contributed by atoms with Crippen molar-refractivity contribution in [2.45, 2.75) is 6.54 Å². The van der Waals surface area contributed by atoms with E-state index in [-0.39, 0.29) is 17.7 Å². The highest BCUT2D eigenvalue weighted by atomic mass is 35.5. The van der Waals surface area contributed by atoms with Crippen molar-refractivity contribution in [2.75, 3.05) is 31.5 Å². The zero-order chi connectivity index (χ0) is 21.3. The molecule has 154 valence electrons. The van der Waals surface area contributed by atoms with Gasteiger partial charge in [-0.05, 0) is 41.4 Å². The number of hydrogen-bond donors (Lipinski definition) is 1. The Labute approximate surface area is 178 Å². The highest BCUT2D eigenvalue weighted by Crippen LogP contribution is 2.40. The fourth-order valence-corrected chi connectivity index (χ4v) is 3.50. The van der Waals surface area contributed by atoms with Crippen LogP contribution in [0, 0.1) is 0 Å². The number of halogens is 1. The van der Waals surface area contributed by atoms with E-state index >= 15 is 0 Å².